The molecule has 0 aliphatic rings. The summed E-state index contributed by atoms with van der Waals surface area (Å²) >= 11 is 0. The topological polar surface area (TPSA) is 49.3 Å². The lowest BCUT2D eigenvalue weighted by Crippen LogP contribution is -2.37. The summed E-state index contributed by atoms with van der Waals surface area (Å²) in [5.74, 6) is 0.844. The Hall–Kier alpha value is -0.850. The van der Waals surface area contributed by atoms with Gasteiger partial charge in [0.25, 0.3) is 0 Å². The van der Waals surface area contributed by atoms with E-state index < -0.39 is 0 Å². The Bertz CT molecular complexity index is 379. The van der Waals surface area contributed by atoms with E-state index in [0.717, 1.165) is 18.2 Å². The number of rotatable bonds is 6. The molecule has 0 aromatic carbocycles. The first-order valence-electron chi connectivity index (χ1n) is 6.63. The summed E-state index contributed by atoms with van der Waals surface area (Å²) in [5, 5.41) is 6.58. The van der Waals surface area contributed by atoms with Gasteiger partial charge in [-0.25, -0.2) is 0 Å². The Morgan fingerprint density at radius 3 is 2.74 bits per heavy atom. The molecule has 0 atom stereocenters. The molecule has 2 N–H and O–H groups in total. The smallest absolute Gasteiger partial charge is 0.191 e. The molecule has 1 heterocycles. The minimum Gasteiger partial charge on any atom is -0.356 e. The van der Waals surface area contributed by atoms with Crippen molar-refractivity contribution in [3.05, 3.63) is 29.6 Å². The van der Waals surface area contributed by atoms with Gasteiger partial charge in [-0.05, 0) is 25.0 Å². The van der Waals surface area contributed by atoms with Crippen LogP contribution in [-0.4, -0.2) is 24.5 Å². The van der Waals surface area contributed by atoms with Crippen molar-refractivity contribution in [1.29, 1.82) is 0 Å². The van der Waals surface area contributed by atoms with E-state index in [2.05, 4.69) is 40.5 Å². The van der Waals surface area contributed by atoms with Crippen molar-refractivity contribution >= 4 is 29.9 Å². The predicted octanol–water partition coefficient (Wildman–Crippen LogP) is 2.86. The summed E-state index contributed by atoms with van der Waals surface area (Å²) < 4.78 is 0. The number of aryl methyl sites for hydroxylation is 1. The summed E-state index contributed by atoms with van der Waals surface area (Å²) in [7, 11) is 1.79. The number of unbranched alkanes of at least 4 members (excludes halogenated alkanes) is 2. The first kappa shape index (κ1) is 18.1. The van der Waals surface area contributed by atoms with Crippen LogP contribution in [0.3, 0.4) is 0 Å². The maximum atomic E-state index is 4.35. The number of hydrogen-bond acceptors (Lipinski definition) is 2. The number of nitrogens with zero attached hydrogens (tertiary/aromatic N) is 2. The molecule has 0 radical (unpaired) electrons. The second kappa shape index (κ2) is 11.0. The highest BCUT2D eigenvalue weighted by Crippen LogP contribution is 2.01. The van der Waals surface area contributed by atoms with Crippen LogP contribution in [0.2, 0.25) is 0 Å². The number of pyridine rings is 1. The van der Waals surface area contributed by atoms with Gasteiger partial charge in [-0.1, -0.05) is 25.8 Å². The zero-order valence-corrected chi connectivity index (χ0v) is 14.4. The van der Waals surface area contributed by atoms with Crippen LogP contribution in [0.5, 0.6) is 0 Å². The summed E-state index contributed by atoms with van der Waals surface area (Å²) in [6, 6.07) is 4.03. The highest BCUT2D eigenvalue weighted by Gasteiger charge is 2.00. The van der Waals surface area contributed by atoms with Crippen molar-refractivity contribution in [2.75, 3.05) is 13.6 Å². The van der Waals surface area contributed by atoms with Gasteiger partial charge in [0.05, 0.1) is 12.2 Å². The molecule has 0 saturated carbocycles. The van der Waals surface area contributed by atoms with Gasteiger partial charge in [0, 0.05) is 19.8 Å². The Morgan fingerprint density at radius 1 is 1.32 bits per heavy atom. The fourth-order valence-electron chi connectivity index (χ4n) is 1.67. The monoisotopic (exact) mass is 376 g/mol. The number of aliphatic imine (C=N–C) groups is 1. The molecule has 0 fully saturated rings. The van der Waals surface area contributed by atoms with Crippen LogP contribution in [0.25, 0.3) is 0 Å². The average Bonchev–Trinajstić information content (AvgIpc) is 2.40. The van der Waals surface area contributed by atoms with E-state index >= 15 is 0 Å². The van der Waals surface area contributed by atoms with E-state index in [1.807, 2.05) is 12.3 Å². The summed E-state index contributed by atoms with van der Waals surface area (Å²) in [6.45, 7) is 5.95. The maximum Gasteiger partial charge on any atom is 0.191 e. The minimum absolute atomic E-state index is 0. The quantitative estimate of drug-likeness (QED) is 0.348. The lowest BCUT2D eigenvalue weighted by atomic mass is 10.2. The molecular weight excluding hydrogens is 351 g/mol. The summed E-state index contributed by atoms with van der Waals surface area (Å²) in [5.41, 5.74) is 2.26. The van der Waals surface area contributed by atoms with Gasteiger partial charge in [-0.2, -0.15) is 0 Å². The number of aromatic nitrogens is 1. The zero-order valence-electron chi connectivity index (χ0n) is 12.1. The van der Waals surface area contributed by atoms with Gasteiger partial charge < -0.3 is 10.6 Å². The molecule has 108 valence electrons. The lowest BCUT2D eigenvalue weighted by Gasteiger charge is -2.12. The van der Waals surface area contributed by atoms with Gasteiger partial charge in [0.2, 0.25) is 0 Å². The van der Waals surface area contributed by atoms with Gasteiger partial charge in [-0.3, -0.25) is 9.98 Å². The Kier molecular flexibility index (Phi) is 10.5. The minimum atomic E-state index is 0. The highest BCUT2D eigenvalue weighted by atomic mass is 127. The van der Waals surface area contributed by atoms with Crippen LogP contribution in [0, 0.1) is 6.92 Å². The molecule has 0 bridgehead atoms. The largest absolute Gasteiger partial charge is 0.356 e. The van der Waals surface area contributed by atoms with Crippen molar-refractivity contribution in [3.63, 3.8) is 0 Å². The van der Waals surface area contributed by atoms with Gasteiger partial charge in [0.15, 0.2) is 5.96 Å². The van der Waals surface area contributed by atoms with E-state index in [1.54, 1.807) is 7.05 Å². The molecule has 0 saturated heterocycles. The van der Waals surface area contributed by atoms with Crippen molar-refractivity contribution in [2.45, 2.75) is 39.7 Å². The molecule has 0 amide bonds. The molecule has 0 spiro atoms. The third-order valence-corrected chi connectivity index (χ3v) is 2.84. The fourth-order valence-corrected chi connectivity index (χ4v) is 1.67. The molecule has 5 heteroatoms. The summed E-state index contributed by atoms with van der Waals surface area (Å²) in [6.07, 6.45) is 5.49. The summed E-state index contributed by atoms with van der Waals surface area (Å²) in [4.78, 5) is 8.55. The molecule has 19 heavy (non-hydrogen) atoms. The number of halogens is 1. The van der Waals surface area contributed by atoms with Gasteiger partial charge in [-0.15, -0.1) is 24.0 Å². The SMILES string of the molecule is CCCCCNC(=NC)NCc1ncccc1C.I. The van der Waals surface area contributed by atoms with Crippen LogP contribution in [0.15, 0.2) is 23.3 Å². The third kappa shape index (κ3) is 7.34. The predicted molar refractivity (Wildman–Crippen MR) is 92.1 cm³/mol. The lowest BCUT2D eigenvalue weighted by molar-refractivity contribution is 0.681. The van der Waals surface area contributed by atoms with Crippen molar-refractivity contribution < 1.29 is 0 Å². The molecular formula is C14H25IN4. The van der Waals surface area contributed by atoms with Crippen molar-refractivity contribution in [3.8, 4) is 0 Å². The second-order valence-electron chi connectivity index (χ2n) is 4.33. The normalized spacial score (nSPS) is 10.8. The molecule has 0 aliphatic carbocycles. The standard InChI is InChI=1S/C14H24N4.HI/c1-4-5-6-9-17-14(15-3)18-11-13-12(2)8-7-10-16-13;/h7-8,10H,4-6,9,11H2,1-3H3,(H2,15,17,18);1H. The highest BCUT2D eigenvalue weighted by molar-refractivity contribution is 14.0. The zero-order chi connectivity index (χ0) is 13.2. The van der Waals surface area contributed by atoms with Crippen LogP contribution in [0.4, 0.5) is 0 Å². The Morgan fingerprint density at radius 2 is 2.11 bits per heavy atom. The maximum absolute atomic E-state index is 4.35. The number of guanidine groups is 1. The van der Waals surface area contributed by atoms with Crippen LogP contribution in [-0.2, 0) is 6.54 Å². The van der Waals surface area contributed by atoms with E-state index in [-0.39, 0.29) is 24.0 Å². The van der Waals surface area contributed by atoms with E-state index in [4.69, 9.17) is 0 Å². The molecule has 4 nitrogen and oxygen atoms in total. The van der Waals surface area contributed by atoms with Crippen LogP contribution in [0.1, 0.15) is 37.4 Å². The van der Waals surface area contributed by atoms with E-state index in [9.17, 15) is 0 Å². The number of hydrogen-bond donors (Lipinski definition) is 2. The van der Waals surface area contributed by atoms with E-state index in [0.29, 0.717) is 6.54 Å². The molecule has 1 aromatic rings. The second-order valence-corrected chi connectivity index (χ2v) is 4.33. The molecule has 1 rings (SSSR count). The van der Waals surface area contributed by atoms with E-state index in [1.165, 1.54) is 24.8 Å². The Labute approximate surface area is 133 Å². The number of nitrogens with one attached hydrogen (secondary N) is 2. The Balaban J connectivity index is 0.00000324. The molecule has 0 unspecified atom stereocenters. The van der Waals surface area contributed by atoms with Crippen molar-refractivity contribution in [2.24, 2.45) is 4.99 Å². The first-order chi connectivity index (χ1) is 8.77. The third-order valence-electron chi connectivity index (χ3n) is 2.84. The van der Waals surface area contributed by atoms with Gasteiger partial charge >= 0.3 is 0 Å². The first-order valence-corrected chi connectivity index (χ1v) is 6.63. The van der Waals surface area contributed by atoms with Crippen LogP contribution < -0.4 is 10.6 Å². The molecule has 0 aliphatic heterocycles. The average molecular weight is 376 g/mol. The molecule has 1 aromatic heterocycles. The fraction of sp³-hybridized carbons (Fsp3) is 0.571. The van der Waals surface area contributed by atoms with Crippen LogP contribution >= 0.6 is 24.0 Å². The van der Waals surface area contributed by atoms with Crippen molar-refractivity contribution in [1.82, 2.24) is 15.6 Å². The van der Waals surface area contributed by atoms with Gasteiger partial charge in [0.1, 0.15) is 0 Å².